The lowest BCUT2D eigenvalue weighted by atomic mass is 10.1. The van der Waals surface area contributed by atoms with Gasteiger partial charge in [-0.25, -0.2) is 13.0 Å². The molecule has 29 heavy (non-hydrogen) atoms. The number of aromatic nitrogens is 2. The summed E-state index contributed by atoms with van der Waals surface area (Å²) in [6, 6.07) is 18.4. The van der Waals surface area contributed by atoms with Crippen LogP contribution in [0.15, 0.2) is 76.4 Å². The van der Waals surface area contributed by atoms with Gasteiger partial charge in [-0.2, -0.15) is 0 Å². The molecule has 4 rings (SSSR count). The smallest absolute Gasteiger partial charge is 0.408 e. The lowest BCUT2D eigenvalue weighted by Gasteiger charge is -1.98. The Kier molecular flexibility index (Phi) is 6.49. The summed E-state index contributed by atoms with van der Waals surface area (Å²) in [6.45, 7) is 0. The van der Waals surface area contributed by atoms with Gasteiger partial charge in [0, 0.05) is 21.8 Å². The summed E-state index contributed by atoms with van der Waals surface area (Å²) >= 11 is 1.57. The highest BCUT2D eigenvalue weighted by Crippen LogP contribution is 2.37. The van der Waals surface area contributed by atoms with Gasteiger partial charge in [0.2, 0.25) is 10.4 Å². The molecule has 2 aromatic heterocycles. The third-order valence-corrected chi connectivity index (χ3v) is 5.19. The van der Waals surface area contributed by atoms with E-state index in [2.05, 4.69) is 43.7 Å². The first kappa shape index (κ1) is 20.8. The van der Waals surface area contributed by atoms with E-state index in [1.54, 1.807) is 11.3 Å². The van der Waals surface area contributed by atoms with Gasteiger partial charge in [0.05, 0.1) is 25.0 Å². The summed E-state index contributed by atoms with van der Waals surface area (Å²) in [5, 5.41) is 12.9. The molecule has 1 N–H and O–H groups in total. The predicted octanol–water partition coefficient (Wildman–Crippen LogP) is 4.23. The Morgan fingerprint density at radius 1 is 1.07 bits per heavy atom. The largest absolute Gasteiger partial charge is 0.726 e. The zero-order chi connectivity index (χ0) is 20.9. The van der Waals surface area contributed by atoms with Gasteiger partial charge in [-0.3, -0.25) is 4.18 Å². The number of fused-ring (bicyclic) bond motifs is 1. The molecule has 8 nitrogen and oxygen atoms in total. The quantitative estimate of drug-likeness (QED) is 0.226. The number of rotatable bonds is 4. The van der Waals surface area contributed by atoms with E-state index in [4.69, 9.17) is 0 Å². The van der Waals surface area contributed by atoms with Gasteiger partial charge in [0.1, 0.15) is 11.9 Å². The molecule has 0 amide bonds. The van der Waals surface area contributed by atoms with Crippen LogP contribution in [0.3, 0.4) is 0 Å². The lowest BCUT2D eigenvalue weighted by molar-refractivity contribution is -0.654. The second kappa shape index (κ2) is 9.05. The number of aromatic amines is 1. The number of nitrogens with zero attached hydrogens (tertiary/aromatic N) is 3. The fourth-order valence-corrected chi connectivity index (χ4v) is 3.24. The second-order valence-electron chi connectivity index (χ2n) is 5.83. The van der Waals surface area contributed by atoms with E-state index < -0.39 is 10.4 Å². The first-order chi connectivity index (χ1) is 13.9. The van der Waals surface area contributed by atoms with Gasteiger partial charge in [-0.15, -0.1) is 0 Å². The van der Waals surface area contributed by atoms with Crippen LogP contribution >= 0.6 is 11.3 Å². The van der Waals surface area contributed by atoms with Crippen molar-refractivity contribution in [1.82, 2.24) is 4.98 Å². The zero-order valence-electron chi connectivity index (χ0n) is 15.6. The van der Waals surface area contributed by atoms with Crippen molar-refractivity contribution in [1.29, 1.82) is 0 Å². The van der Waals surface area contributed by atoms with Crippen LogP contribution in [0.5, 0.6) is 0 Å². The van der Waals surface area contributed by atoms with E-state index in [0.717, 1.165) is 40.1 Å². The number of aryl methyl sites for hydroxylation is 1. The molecule has 0 spiro atoms. The van der Waals surface area contributed by atoms with Crippen molar-refractivity contribution in [3.05, 3.63) is 66.2 Å². The molecule has 150 valence electrons. The van der Waals surface area contributed by atoms with Crippen molar-refractivity contribution in [2.75, 3.05) is 7.11 Å². The molecule has 0 aliphatic rings. The van der Waals surface area contributed by atoms with E-state index in [1.165, 1.54) is 0 Å². The molecule has 0 aliphatic heterocycles. The molecule has 10 heteroatoms. The molecule has 0 saturated heterocycles. The Bertz CT molecular complexity index is 1230. The number of hydrogen-bond acceptors (Lipinski definition) is 7. The highest BCUT2D eigenvalue weighted by atomic mass is 32.3. The van der Waals surface area contributed by atoms with Crippen LogP contribution in [0, 0.1) is 0 Å². The minimum atomic E-state index is -4.41. The molecule has 0 fully saturated rings. The third-order valence-electron chi connectivity index (χ3n) is 3.94. The fourth-order valence-electron chi connectivity index (χ4n) is 2.56. The minimum Gasteiger partial charge on any atom is -0.726 e. The standard InChI is InChI=1S/C18H14N4S.CH4O4S/c1-22-11-12-23-18(22)21-20-17-14-9-5-6-10-15(14)19-16(17)13-7-3-2-4-8-13;1-5-6(2,3)4/h2-12H,1H3;1H3,(H,2,3,4). The normalized spacial score (nSPS) is 11.6. The van der Waals surface area contributed by atoms with Crippen LogP contribution in [0.25, 0.3) is 22.2 Å². The minimum absolute atomic E-state index is 0.808. The topological polar surface area (TPSA) is 111 Å². The van der Waals surface area contributed by atoms with Crippen molar-refractivity contribution >= 4 is 43.5 Å². The summed E-state index contributed by atoms with van der Waals surface area (Å²) in [6.07, 6.45) is 1.98. The van der Waals surface area contributed by atoms with Crippen LogP contribution in [-0.2, 0) is 21.6 Å². The number of nitrogens with one attached hydrogen (secondary N) is 1. The SMILES string of the molecule is COS(=O)(=O)[O-].C[n+]1ccsc1N=Nc1c(-c2ccccc2)[nH]c2ccccc12. The van der Waals surface area contributed by atoms with Crippen LogP contribution in [-0.4, -0.2) is 25.1 Å². The Hall–Kier alpha value is -2.92. The van der Waals surface area contributed by atoms with Crippen LogP contribution in [0.4, 0.5) is 10.8 Å². The first-order valence-corrected chi connectivity index (χ1v) is 10.6. The number of H-pyrrole nitrogens is 1. The Morgan fingerprint density at radius 3 is 2.34 bits per heavy atom. The molecular weight excluding hydrogens is 412 g/mol. The maximum atomic E-state index is 9.22. The summed E-state index contributed by atoms with van der Waals surface area (Å²) in [5.41, 5.74) is 4.04. The maximum Gasteiger partial charge on any atom is 0.408 e. The van der Waals surface area contributed by atoms with Crippen molar-refractivity contribution in [3.8, 4) is 11.3 Å². The Balaban J connectivity index is 0.000000353. The maximum absolute atomic E-state index is 9.22. The average Bonchev–Trinajstić information content (AvgIpc) is 3.30. The average molecular weight is 431 g/mol. The molecule has 0 aliphatic carbocycles. The van der Waals surface area contributed by atoms with E-state index in [9.17, 15) is 13.0 Å². The van der Waals surface area contributed by atoms with E-state index >= 15 is 0 Å². The van der Waals surface area contributed by atoms with Gasteiger partial charge >= 0.3 is 5.13 Å². The van der Waals surface area contributed by atoms with E-state index in [1.807, 2.05) is 53.5 Å². The number of benzene rings is 2. The van der Waals surface area contributed by atoms with Gasteiger partial charge in [-0.1, -0.05) is 48.5 Å². The summed E-state index contributed by atoms with van der Waals surface area (Å²) < 4.78 is 33.0. The highest BCUT2D eigenvalue weighted by Gasteiger charge is 2.15. The predicted molar refractivity (Wildman–Crippen MR) is 110 cm³/mol. The van der Waals surface area contributed by atoms with Gasteiger partial charge in [0.25, 0.3) is 0 Å². The van der Waals surface area contributed by atoms with Crippen LogP contribution in [0.2, 0.25) is 0 Å². The number of azo groups is 1. The lowest BCUT2D eigenvalue weighted by Crippen LogP contribution is -2.23. The second-order valence-corrected chi connectivity index (χ2v) is 7.85. The summed E-state index contributed by atoms with van der Waals surface area (Å²) in [4.78, 5) is 3.47. The van der Waals surface area contributed by atoms with Crippen molar-refractivity contribution in [2.24, 2.45) is 17.3 Å². The number of hydrogen-bond donors (Lipinski definition) is 1. The third kappa shape index (κ3) is 5.33. The fraction of sp³-hybridized carbons (Fsp3) is 0.105. The van der Waals surface area contributed by atoms with E-state index in [0.29, 0.717) is 0 Å². The zero-order valence-corrected chi connectivity index (χ0v) is 17.3. The Labute approximate surface area is 172 Å². The summed E-state index contributed by atoms with van der Waals surface area (Å²) in [5.74, 6) is 0. The van der Waals surface area contributed by atoms with Gasteiger partial charge in [0.15, 0.2) is 0 Å². The van der Waals surface area contributed by atoms with Crippen molar-refractivity contribution in [2.45, 2.75) is 0 Å². The molecule has 2 heterocycles. The monoisotopic (exact) mass is 430 g/mol. The number of thiazole rings is 1. The van der Waals surface area contributed by atoms with Crippen LogP contribution in [0.1, 0.15) is 0 Å². The van der Waals surface area contributed by atoms with Crippen LogP contribution < -0.4 is 4.57 Å². The van der Waals surface area contributed by atoms with Crippen molar-refractivity contribution in [3.63, 3.8) is 0 Å². The van der Waals surface area contributed by atoms with E-state index in [-0.39, 0.29) is 0 Å². The molecular formula is C19H18N4O4S2. The van der Waals surface area contributed by atoms with Crippen molar-refractivity contribution < 1.29 is 21.7 Å². The molecule has 0 saturated carbocycles. The molecule has 0 atom stereocenters. The molecule has 0 radical (unpaired) electrons. The molecule has 0 unspecified atom stereocenters. The van der Waals surface area contributed by atoms with Gasteiger partial charge < -0.3 is 9.54 Å². The molecule has 4 aromatic rings. The Morgan fingerprint density at radius 2 is 1.72 bits per heavy atom. The summed E-state index contributed by atoms with van der Waals surface area (Å²) in [7, 11) is -1.63. The first-order valence-electron chi connectivity index (χ1n) is 8.41. The molecule has 2 aromatic carbocycles. The van der Waals surface area contributed by atoms with Gasteiger partial charge in [-0.05, 0) is 22.5 Å². The molecule has 0 bridgehead atoms. The number of para-hydroxylation sites is 1. The highest BCUT2D eigenvalue weighted by molar-refractivity contribution is 7.80.